The Bertz CT molecular complexity index is 526. The lowest BCUT2D eigenvalue weighted by atomic mass is 9.73. The number of rotatable bonds is 4. The SMILES string of the molecule is CCOC[C@]12CCCO[C@@H]1CCN(C(=O)c1ccoc1C)C2. The molecule has 0 unspecified atom stereocenters. The molecule has 0 bridgehead atoms. The number of hydrogen-bond donors (Lipinski definition) is 0. The van der Waals surface area contributed by atoms with Crippen LogP contribution >= 0.6 is 0 Å². The molecule has 0 aliphatic carbocycles. The summed E-state index contributed by atoms with van der Waals surface area (Å²) in [6.45, 7) is 7.48. The number of nitrogens with zero attached hydrogens (tertiary/aromatic N) is 1. The molecule has 2 aliphatic heterocycles. The number of likely N-dealkylation sites (tertiary alicyclic amines) is 1. The van der Waals surface area contributed by atoms with Crippen LogP contribution in [0.4, 0.5) is 0 Å². The van der Waals surface area contributed by atoms with Crippen molar-refractivity contribution in [2.24, 2.45) is 5.41 Å². The van der Waals surface area contributed by atoms with Crippen LogP contribution in [-0.4, -0.2) is 49.8 Å². The van der Waals surface area contributed by atoms with Gasteiger partial charge in [-0.3, -0.25) is 4.79 Å². The molecule has 0 aromatic carbocycles. The minimum absolute atomic E-state index is 0.0557. The predicted molar refractivity (Wildman–Crippen MR) is 81.9 cm³/mol. The molecule has 5 heteroatoms. The zero-order chi connectivity index (χ0) is 15.6. The highest BCUT2D eigenvalue weighted by molar-refractivity contribution is 5.95. The molecule has 2 atom stereocenters. The lowest BCUT2D eigenvalue weighted by Gasteiger charge is -2.50. The van der Waals surface area contributed by atoms with Crippen LogP contribution in [0.5, 0.6) is 0 Å². The second-order valence-corrected chi connectivity index (χ2v) is 6.37. The van der Waals surface area contributed by atoms with Gasteiger partial charge < -0.3 is 18.8 Å². The van der Waals surface area contributed by atoms with Gasteiger partial charge in [-0.2, -0.15) is 0 Å². The molecule has 22 heavy (non-hydrogen) atoms. The fourth-order valence-corrected chi connectivity index (χ4v) is 3.76. The molecule has 1 aromatic heterocycles. The minimum Gasteiger partial charge on any atom is -0.469 e. The average molecular weight is 307 g/mol. The first kappa shape index (κ1) is 15.6. The summed E-state index contributed by atoms with van der Waals surface area (Å²) in [5.74, 6) is 0.747. The largest absolute Gasteiger partial charge is 0.469 e. The van der Waals surface area contributed by atoms with Gasteiger partial charge in [0.1, 0.15) is 5.76 Å². The van der Waals surface area contributed by atoms with Gasteiger partial charge in [-0.15, -0.1) is 0 Å². The number of amides is 1. The number of aryl methyl sites for hydroxylation is 1. The van der Waals surface area contributed by atoms with Crippen LogP contribution < -0.4 is 0 Å². The molecule has 122 valence electrons. The molecular weight excluding hydrogens is 282 g/mol. The zero-order valence-corrected chi connectivity index (χ0v) is 13.5. The van der Waals surface area contributed by atoms with Crippen molar-refractivity contribution in [3.63, 3.8) is 0 Å². The quantitative estimate of drug-likeness (QED) is 0.858. The lowest BCUT2D eigenvalue weighted by molar-refractivity contribution is -0.146. The summed E-state index contributed by atoms with van der Waals surface area (Å²) in [6.07, 6.45) is 4.77. The number of fused-ring (bicyclic) bond motifs is 1. The number of furan rings is 1. The summed E-state index contributed by atoms with van der Waals surface area (Å²) >= 11 is 0. The molecule has 0 radical (unpaired) electrons. The second-order valence-electron chi connectivity index (χ2n) is 6.37. The van der Waals surface area contributed by atoms with Crippen molar-refractivity contribution in [2.45, 2.75) is 39.2 Å². The van der Waals surface area contributed by atoms with Gasteiger partial charge in [0, 0.05) is 31.7 Å². The van der Waals surface area contributed by atoms with E-state index >= 15 is 0 Å². The van der Waals surface area contributed by atoms with E-state index in [2.05, 4.69) is 0 Å². The van der Waals surface area contributed by atoms with E-state index in [0.29, 0.717) is 31.1 Å². The molecule has 2 saturated heterocycles. The first-order valence-corrected chi connectivity index (χ1v) is 8.19. The Morgan fingerprint density at radius 3 is 3.14 bits per heavy atom. The molecule has 0 spiro atoms. The number of carbonyl (C=O) groups excluding carboxylic acids is 1. The summed E-state index contributed by atoms with van der Waals surface area (Å²) in [4.78, 5) is 14.7. The van der Waals surface area contributed by atoms with Gasteiger partial charge in [0.2, 0.25) is 0 Å². The molecule has 1 aromatic rings. The van der Waals surface area contributed by atoms with Crippen molar-refractivity contribution in [1.29, 1.82) is 0 Å². The van der Waals surface area contributed by atoms with Crippen LogP contribution in [0.2, 0.25) is 0 Å². The maximum Gasteiger partial charge on any atom is 0.257 e. The Morgan fingerprint density at radius 2 is 2.41 bits per heavy atom. The lowest BCUT2D eigenvalue weighted by Crippen LogP contribution is -2.58. The second kappa shape index (κ2) is 6.42. The molecule has 3 heterocycles. The van der Waals surface area contributed by atoms with Gasteiger partial charge in [-0.25, -0.2) is 0 Å². The van der Waals surface area contributed by atoms with Crippen LogP contribution in [0.3, 0.4) is 0 Å². The standard InChI is InChI=1S/C17H25NO4/c1-3-20-12-17-7-4-9-22-15(17)5-8-18(11-17)16(19)14-6-10-21-13(14)2/h6,10,15H,3-5,7-9,11-12H2,1-2H3/t15-,17-/m1/s1. The van der Waals surface area contributed by atoms with Gasteiger partial charge in [-0.1, -0.05) is 0 Å². The molecular formula is C17H25NO4. The Labute approximate surface area is 131 Å². The van der Waals surface area contributed by atoms with E-state index in [4.69, 9.17) is 13.9 Å². The van der Waals surface area contributed by atoms with E-state index < -0.39 is 0 Å². The van der Waals surface area contributed by atoms with Crippen molar-refractivity contribution < 1.29 is 18.7 Å². The first-order valence-electron chi connectivity index (χ1n) is 8.19. The summed E-state index contributed by atoms with van der Waals surface area (Å²) in [5, 5.41) is 0. The zero-order valence-electron chi connectivity index (χ0n) is 13.5. The van der Waals surface area contributed by atoms with Crippen molar-refractivity contribution >= 4 is 5.91 Å². The van der Waals surface area contributed by atoms with Crippen molar-refractivity contribution in [3.05, 3.63) is 23.7 Å². The van der Waals surface area contributed by atoms with Crippen molar-refractivity contribution in [1.82, 2.24) is 4.90 Å². The third-order valence-corrected chi connectivity index (χ3v) is 4.96. The highest BCUT2D eigenvalue weighted by atomic mass is 16.5. The predicted octanol–water partition coefficient (Wildman–Crippen LogP) is 2.64. The molecule has 5 nitrogen and oxygen atoms in total. The maximum absolute atomic E-state index is 12.8. The Balaban J connectivity index is 1.78. The fourth-order valence-electron chi connectivity index (χ4n) is 3.76. The monoisotopic (exact) mass is 307 g/mol. The molecule has 0 saturated carbocycles. The topological polar surface area (TPSA) is 51.9 Å². The Morgan fingerprint density at radius 1 is 1.55 bits per heavy atom. The molecule has 1 amide bonds. The third kappa shape index (κ3) is 2.79. The fraction of sp³-hybridized carbons (Fsp3) is 0.706. The highest BCUT2D eigenvalue weighted by Crippen LogP contribution is 2.40. The number of hydrogen-bond acceptors (Lipinski definition) is 4. The van der Waals surface area contributed by atoms with Crippen LogP contribution in [0.25, 0.3) is 0 Å². The molecule has 0 N–H and O–H groups in total. The number of piperidine rings is 1. The average Bonchev–Trinajstić information content (AvgIpc) is 2.97. The number of carbonyl (C=O) groups is 1. The van der Waals surface area contributed by atoms with E-state index in [1.807, 2.05) is 18.7 Å². The number of ether oxygens (including phenoxy) is 2. The van der Waals surface area contributed by atoms with Gasteiger partial charge in [0.25, 0.3) is 5.91 Å². The summed E-state index contributed by atoms with van der Waals surface area (Å²) in [6, 6.07) is 1.76. The van der Waals surface area contributed by atoms with Gasteiger partial charge in [0.05, 0.1) is 24.5 Å². The molecule has 2 aliphatic rings. The first-order chi connectivity index (χ1) is 10.7. The van der Waals surface area contributed by atoms with E-state index in [0.717, 1.165) is 32.4 Å². The molecule has 2 fully saturated rings. The van der Waals surface area contributed by atoms with Crippen molar-refractivity contribution in [2.75, 3.05) is 32.9 Å². The van der Waals surface area contributed by atoms with Gasteiger partial charge in [0.15, 0.2) is 0 Å². The Kier molecular flexibility index (Phi) is 4.54. The Hall–Kier alpha value is -1.33. The summed E-state index contributed by atoms with van der Waals surface area (Å²) in [5.41, 5.74) is 0.613. The van der Waals surface area contributed by atoms with Crippen LogP contribution in [0.1, 0.15) is 42.3 Å². The highest BCUT2D eigenvalue weighted by Gasteiger charge is 2.47. The van der Waals surface area contributed by atoms with Crippen molar-refractivity contribution in [3.8, 4) is 0 Å². The summed E-state index contributed by atoms with van der Waals surface area (Å²) in [7, 11) is 0. The molecule has 3 rings (SSSR count). The van der Waals surface area contributed by atoms with Crippen LogP contribution in [-0.2, 0) is 9.47 Å². The normalized spacial score (nSPS) is 28.5. The smallest absolute Gasteiger partial charge is 0.257 e. The maximum atomic E-state index is 12.8. The minimum atomic E-state index is -0.0557. The van der Waals surface area contributed by atoms with Crippen LogP contribution in [0.15, 0.2) is 16.7 Å². The van der Waals surface area contributed by atoms with E-state index in [9.17, 15) is 4.79 Å². The van der Waals surface area contributed by atoms with Gasteiger partial charge in [-0.05, 0) is 39.2 Å². The van der Waals surface area contributed by atoms with E-state index in [1.165, 1.54) is 0 Å². The van der Waals surface area contributed by atoms with E-state index in [1.54, 1.807) is 12.3 Å². The van der Waals surface area contributed by atoms with Crippen LogP contribution in [0, 0.1) is 12.3 Å². The van der Waals surface area contributed by atoms with E-state index in [-0.39, 0.29) is 17.4 Å². The van der Waals surface area contributed by atoms with Gasteiger partial charge >= 0.3 is 0 Å². The summed E-state index contributed by atoms with van der Waals surface area (Å²) < 4.78 is 17.0. The third-order valence-electron chi connectivity index (χ3n) is 4.96.